The maximum Gasteiger partial charge on any atom is 0.417 e. The molecule has 1 saturated carbocycles. The summed E-state index contributed by atoms with van der Waals surface area (Å²) in [5.41, 5.74) is 4.70. The van der Waals surface area contributed by atoms with Gasteiger partial charge in [0.2, 0.25) is 0 Å². The number of hydrogen-bond donors (Lipinski definition) is 2. The van der Waals surface area contributed by atoms with Gasteiger partial charge in [-0.3, -0.25) is 9.48 Å². The van der Waals surface area contributed by atoms with Crippen LogP contribution in [0.3, 0.4) is 0 Å². The summed E-state index contributed by atoms with van der Waals surface area (Å²) >= 11 is 0. The molecular weight excluding hydrogens is 421 g/mol. The molecule has 1 aliphatic carbocycles. The van der Waals surface area contributed by atoms with Crippen LogP contribution in [0.1, 0.15) is 35.3 Å². The minimum Gasteiger partial charge on any atom is -0.399 e. The van der Waals surface area contributed by atoms with E-state index in [1.54, 1.807) is 0 Å². The maximum absolute atomic E-state index is 13.6. The Bertz CT molecular complexity index is 1020. The molecule has 2 saturated heterocycles. The maximum atomic E-state index is 13.6. The number of carbonyl (C=O) groups excluding carboxylic acids is 1. The average molecular weight is 451 g/mol. The Balaban J connectivity index is 1.22. The number of aryl methyl sites for hydroxylation is 1. The van der Waals surface area contributed by atoms with Crippen molar-refractivity contribution in [1.29, 1.82) is 0 Å². The van der Waals surface area contributed by atoms with Crippen molar-refractivity contribution in [2.45, 2.75) is 31.5 Å². The number of fused-ring (bicyclic) bond motifs is 2. The number of alkyl halides is 3. The summed E-state index contributed by atoms with van der Waals surface area (Å²) in [5.74, 6) is 1.31. The fourth-order valence-corrected chi connectivity index (χ4v) is 5.30. The smallest absolute Gasteiger partial charge is 0.399 e. The van der Waals surface area contributed by atoms with Crippen molar-refractivity contribution in [2.75, 3.05) is 45.0 Å². The first-order valence-electron chi connectivity index (χ1n) is 11.3. The summed E-state index contributed by atoms with van der Waals surface area (Å²) in [7, 11) is 1.51. The third-order valence-electron chi connectivity index (χ3n) is 7.21. The largest absolute Gasteiger partial charge is 0.417 e. The Morgan fingerprint density at radius 3 is 2.47 bits per heavy atom. The summed E-state index contributed by atoms with van der Waals surface area (Å²) in [5, 5.41) is 6.81. The molecule has 2 aliphatic heterocycles. The van der Waals surface area contributed by atoms with Crippen LogP contribution in [-0.2, 0) is 13.2 Å². The van der Waals surface area contributed by atoms with Gasteiger partial charge in [0.1, 0.15) is 0 Å². The van der Waals surface area contributed by atoms with E-state index in [-0.39, 0.29) is 28.3 Å². The fourth-order valence-electron chi connectivity index (χ4n) is 5.30. The highest BCUT2D eigenvalue weighted by molar-refractivity contribution is 6.07. The summed E-state index contributed by atoms with van der Waals surface area (Å²) in [6.07, 6.45) is -1.67. The molecule has 10 heteroatoms. The molecule has 2 unspecified atom stereocenters. The van der Waals surface area contributed by atoms with Crippen molar-refractivity contribution >= 4 is 22.5 Å². The molecule has 5 rings (SSSR count). The average Bonchev–Trinajstić information content (AvgIpc) is 3.20. The number of rotatable bonds is 5. The minimum absolute atomic E-state index is 0.0156. The molecule has 1 aromatic carbocycles. The molecule has 3 fully saturated rings. The zero-order valence-electron chi connectivity index (χ0n) is 18.2. The third kappa shape index (κ3) is 4.17. The summed E-state index contributed by atoms with van der Waals surface area (Å²) < 4.78 is 42.2. The number of piperidine rings is 2. The van der Waals surface area contributed by atoms with Gasteiger partial charge in [-0.1, -0.05) is 0 Å². The Kier molecular flexibility index (Phi) is 5.32. The topological polar surface area (TPSA) is 79.4 Å². The lowest BCUT2D eigenvalue weighted by Crippen LogP contribution is -2.46. The van der Waals surface area contributed by atoms with Gasteiger partial charge in [-0.05, 0) is 43.2 Å². The van der Waals surface area contributed by atoms with E-state index in [0.29, 0.717) is 0 Å². The number of halogens is 3. The first kappa shape index (κ1) is 21.5. The van der Waals surface area contributed by atoms with Crippen LogP contribution in [0.5, 0.6) is 0 Å². The Morgan fingerprint density at radius 1 is 1.16 bits per heavy atom. The molecule has 174 valence electrons. The van der Waals surface area contributed by atoms with Crippen molar-refractivity contribution in [1.82, 2.24) is 24.9 Å². The van der Waals surface area contributed by atoms with Gasteiger partial charge in [0, 0.05) is 63.4 Å². The lowest BCUT2D eigenvalue weighted by atomic mass is 10.0. The molecule has 2 aromatic rings. The van der Waals surface area contributed by atoms with Crippen LogP contribution < -0.4 is 11.1 Å². The second kappa shape index (κ2) is 7.91. The molecule has 3 heterocycles. The summed E-state index contributed by atoms with van der Waals surface area (Å²) in [6.45, 7) is 6.34. The minimum atomic E-state index is -4.63. The van der Waals surface area contributed by atoms with Crippen molar-refractivity contribution in [2.24, 2.45) is 18.9 Å². The van der Waals surface area contributed by atoms with Gasteiger partial charge in [0.25, 0.3) is 5.91 Å². The molecule has 1 amide bonds. The van der Waals surface area contributed by atoms with Crippen LogP contribution in [0, 0.1) is 11.8 Å². The van der Waals surface area contributed by atoms with Crippen LogP contribution in [0.15, 0.2) is 12.1 Å². The quantitative estimate of drug-likeness (QED) is 0.684. The zero-order valence-corrected chi connectivity index (χ0v) is 18.2. The van der Waals surface area contributed by atoms with Crippen LogP contribution in [0.4, 0.5) is 18.9 Å². The first-order valence-corrected chi connectivity index (χ1v) is 11.3. The monoisotopic (exact) mass is 450 g/mol. The number of hydrogen-bond acceptors (Lipinski definition) is 5. The molecule has 1 aromatic heterocycles. The van der Waals surface area contributed by atoms with E-state index < -0.39 is 17.6 Å². The number of nitrogens with two attached hydrogens (primary N) is 1. The number of anilines is 1. The summed E-state index contributed by atoms with van der Waals surface area (Å²) in [4.78, 5) is 17.9. The van der Waals surface area contributed by atoms with Gasteiger partial charge >= 0.3 is 6.18 Å². The van der Waals surface area contributed by atoms with Crippen LogP contribution in [0.2, 0.25) is 0 Å². The Morgan fingerprint density at radius 2 is 1.81 bits per heavy atom. The molecular formula is C22H29F3N6O. The van der Waals surface area contributed by atoms with E-state index >= 15 is 0 Å². The van der Waals surface area contributed by atoms with Crippen molar-refractivity contribution in [3.63, 3.8) is 0 Å². The van der Waals surface area contributed by atoms with E-state index in [1.165, 1.54) is 37.3 Å². The second-order valence-electron chi connectivity index (χ2n) is 9.54. The van der Waals surface area contributed by atoms with Crippen LogP contribution in [-0.4, -0.2) is 70.8 Å². The van der Waals surface area contributed by atoms with Gasteiger partial charge in [0.05, 0.1) is 11.1 Å². The van der Waals surface area contributed by atoms with E-state index in [9.17, 15) is 18.0 Å². The Labute approximate surface area is 184 Å². The lowest BCUT2D eigenvalue weighted by Gasteiger charge is -2.33. The van der Waals surface area contributed by atoms with Crippen molar-refractivity contribution in [3.05, 3.63) is 23.4 Å². The molecule has 2 atom stereocenters. The number of amides is 1. The lowest BCUT2D eigenvalue weighted by molar-refractivity contribution is -0.136. The van der Waals surface area contributed by atoms with Crippen LogP contribution >= 0.6 is 0 Å². The van der Waals surface area contributed by atoms with Crippen molar-refractivity contribution < 1.29 is 18.0 Å². The van der Waals surface area contributed by atoms with Gasteiger partial charge in [0.15, 0.2) is 5.69 Å². The fraction of sp³-hybridized carbons (Fsp3) is 0.636. The van der Waals surface area contributed by atoms with E-state index in [0.717, 1.165) is 56.9 Å². The predicted molar refractivity (Wildman–Crippen MR) is 115 cm³/mol. The van der Waals surface area contributed by atoms with E-state index in [4.69, 9.17) is 5.73 Å². The van der Waals surface area contributed by atoms with Gasteiger partial charge in [-0.15, -0.1) is 0 Å². The third-order valence-corrected chi connectivity index (χ3v) is 7.21. The van der Waals surface area contributed by atoms with Gasteiger partial charge in [-0.25, -0.2) is 0 Å². The second-order valence-corrected chi connectivity index (χ2v) is 9.54. The highest BCUT2D eigenvalue weighted by Gasteiger charge is 2.44. The van der Waals surface area contributed by atoms with E-state index in [1.807, 2.05) is 0 Å². The highest BCUT2D eigenvalue weighted by Crippen LogP contribution is 2.44. The summed E-state index contributed by atoms with van der Waals surface area (Å²) in [6, 6.07) is 2.21. The van der Waals surface area contributed by atoms with E-state index in [2.05, 4.69) is 20.2 Å². The first-order chi connectivity index (χ1) is 15.2. The number of aromatic nitrogens is 2. The highest BCUT2D eigenvalue weighted by atomic mass is 19.4. The molecule has 3 N–H and O–H groups in total. The van der Waals surface area contributed by atoms with Gasteiger partial charge < -0.3 is 20.9 Å². The number of nitrogens with one attached hydrogen (secondary N) is 1. The molecule has 32 heavy (non-hydrogen) atoms. The standard InChI is InChI=1S/C22H29F3N6O/c1-29-18-10-15(26)9-17(22(23,24)25)19(18)20(28-29)21(32)27-16-2-4-30(5-3-16)6-7-31-11-13-8-14(13)12-31/h9-10,13-14,16H,2-8,11-12,26H2,1H3,(H,27,32). The number of benzene rings is 1. The van der Waals surface area contributed by atoms with Gasteiger partial charge in [-0.2, -0.15) is 18.3 Å². The van der Waals surface area contributed by atoms with Crippen LogP contribution in [0.25, 0.3) is 10.9 Å². The molecule has 0 bridgehead atoms. The molecule has 0 spiro atoms. The molecule has 0 radical (unpaired) electrons. The normalized spacial score (nSPS) is 24.8. The zero-order chi connectivity index (χ0) is 22.6. The van der Waals surface area contributed by atoms with Crippen molar-refractivity contribution in [3.8, 4) is 0 Å². The SMILES string of the molecule is Cn1nc(C(=O)NC2CCN(CCN3CC4CC4C3)CC2)c2c(C(F)(F)F)cc(N)cc21. The number of nitrogens with zero attached hydrogens (tertiary/aromatic N) is 4. The predicted octanol–water partition coefficient (Wildman–Crippen LogP) is 2.32. The molecule has 3 aliphatic rings. The Hall–Kier alpha value is -2.33. The number of nitrogen functional groups attached to an aromatic ring is 1. The molecule has 7 nitrogen and oxygen atoms in total. The number of likely N-dealkylation sites (tertiary alicyclic amines) is 2. The number of carbonyl (C=O) groups is 1.